The molecular formula is C22H25N5O3. The van der Waals surface area contributed by atoms with Crippen LogP contribution in [0.3, 0.4) is 0 Å². The minimum absolute atomic E-state index is 0.0678. The van der Waals surface area contributed by atoms with Gasteiger partial charge in [0.1, 0.15) is 18.4 Å². The van der Waals surface area contributed by atoms with Crippen molar-refractivity contribution >= 4 is 5.91 Å². The smallest absolute Gasteiger partial charge is 0.251 e. The summed E-state index contributed by atoms with van der Waals surface area (Å²) in [6, 6.07) is 15.4. The lowest BCUT2D eigenvalue weighted by Crippen LogP contribution is -2.43. The zero-order valence-electron chi connectivity index (χ0n) is 16.9. The van der Waals surface area contributed by atoms with E-state index in [1.165, 1.54) is 6.33 Å². The molecule has 8 heteroatoms. The second-order valence-electron chi connectivity index (χ2n) is 7.03. The first-order chi connectivity index (χ1) is 14.7. The number of carbonyl (C=O) groups is 1. The zero-order chi connectivity index (χ0) is 20.8. The first-order valence-electron chi connectivity index (χ1n) is 9.93. The van der Waals surface area contributed by atoms with Crippen molar-refractivity contribution in [1.82, 2.24) is 25.0 Å². The van der Waals surface area contributed by atoms with Crippen LogP contribution < -0.4 is 10.1 Å². The van der Waals surface area contributed by atoms with Gasteiger partial charge in [0.2, 0.25) is 0 Å². The predicted octanol–water partition coefficient (Wildman–Crippen LogP) is 2.08. The van der Waals surface area contributed by atoms with Crippen LogP contribution in [0.4, 0.5) is 0 Å². The number of ether oxygens (including phenoxy) is 2. The van der Waals surface area contributed by atoms with Crippen molar-refractivity contribution in [1.29, 1.82) is 0 Å². The van der Waals surface area contributed by atoms with E-state index in [-0.39, 0.29) is 11.9 Å². The monoisotopic (exact) mass is 407 g/mol. The number of hydrogen-bond acceptors (Lipinski definition) is 6. The number of morpholine rings is 1. The summed E-state index contributed by atoms with van der Waals surface area (Å²) in [6.45, 7) is 3.57. The molecule has 1 amide bonds. The van der Waals surface area contributed by atoms with E-state index < -0.39 is 0 Å². The molecule has 3 aromatic rings. The number of hydrogen-bond donors (Lipinski definition) is 1. The molecule has 4 rings (SSSR count). The standard InChI is InChI=1S/C22H25N5O3/c1-29-20-8-4-17(5-9-20)21(26-10-12-30-13-11-26)14-24-22(28)18-2-6-19(7-3-18)27-16-23-15-25-27/h2-9,15-16,21H,10-14H2,1H3,(H,24,28). The van der Waals surface area contributed by atoms with E-state index in [2.05, 4.69) is 32.4 Å². The summed E-state index contributed by atoms with van der Waals surface area (Å²) in [7, 11) is 1.66. The molecule has 0 aliphatic carbocycles. The van der Waals surface area contributed by atoms with Crippen LogP contribution in [0, 0.1) is 0 Å². The molecule has 30 heavy (non-hydrogen) atoms. The Bertz CT molecular complexity index is 936. The second kappa shape index (κ2) is 9.51. The third-order valence-electron chi connectivity index (χ3n) is 5.26. The van der Waals surface area contributed by atoms with Crippen LogP contribution in [0.15, 0.2) is 61.2 Å². The van der Waals surface area contributed by atoms with Crippen molar-refractivity contribution in [3.05, 3.63) is 72.3 Å². The molecule has 0 bridgehead atoms. The van der Waals surface area contributed by atoms with Crippen molar-refractivity contribution < 1.29 is 14.3 Å². The van der Waals surface area contributed by atoms with Gasteiger partial charge in [-0.3, -0.25) is 9.69 Å². The summed E-state index contributed by atoms with van der Waals surface area (Å²) >= 11 is 0. The molecule has 0 saturated carbocycles. The fraction of sp³-hybridized carbons (Fsp3) is 0.318. The third-order valence-corrected chi connectivity index (χ3v) is 5.26. The number of rotatable bonds is 7. The molecule has 1 aromatic heterocycles. The lowest BCUT2D eigenvalue weighted by atomic mass is 10.0. The first-order valence-corrected chi connectivity index (χ1v) is 9.93. The minimum Gasteiger partial charge on any atom is -0.497 e. The van der Waals surface area contributed by atoms with Gasteiger partial charge in [0.15, 0.2) is 0 Å². The normalized spacial score (nSPS) is 15.5. The largest absolute Gasteiger partial charge is 0.497 e. The Hall–Kier alpha value is -3.23. The van der Waals surface area contributed by atoms with E-state index >= 15 is 0 Å². The number of amides is 1. The number of carbonyl (C=O) groups excluding carboxylic acids is 1. The van der Waals surface area contributed by atoms with Gasteiger partial charge in [-0.25, -0.2) is 9.67 Å². The minimum atomic E-state index is -0.105. The quantitative estimate of drug-likeness (QED) is 0.646. The Morgan fingerprint density at radius 2 is 1.87 bits per heavy atom. The molecule has 0 radical (unpaired) electrons. The van der Waals surface area contributed by atoms with Crippen LogP contribution in [0.2, 0.25) is 0 Å². The first kappa shape index (κ1) is 20.1. The van der Waals surface area contributed by atoms with Crippen LogP contribution in [0.25, 0.3) is 5.69 Å². The summed E-state index contributed by atoms with van der Waals surface area (Å²) in [5, 5.41) is 7.19. The Morgan fingerprint density at radius 1 is 1.13 bits per heavy atom. The maximum atomic E-state index is 12.8. The zero-order valence-corrected chi connectivity index (χ0v) is 16.9. The molecule has 8 nitrogen and oxygen atoms in total. The lowest BCUT2D eigenvalue weighted by molar-refractivity contribution is 0.0162. The molecule has 1 aliphatic heterocycles. The maximum Gasteiger partial charge on any atom is 0.251 e. The Morgan fingerprint density at radius 3 is 2.50 bits per heavy atom. The van der Waals surface area contributed by atoms with Crippen molar-refractivity contribution in [2.75, 3.05) is 40.0 Å². The van der Waals surface area contributed by atoms with Crippen LogP contribution in [-0.4, -0.2) is 65.5 Å². The molecule has 2 heterocycles. The van der Waals surface area contributed by atoms with E-state index in [0.717, 1.165) is 30.1 Å². The highest BCUT2D eigenvalue weighted by molar-refractivity contribution is 5.94. The summed E-state index contributed by atoms with van der Waals surface area (Å²) in [6.07, 6.45) is 3.10. The van der Waals surface area contributed by atoms with Crippen molar-refractivity contribution in [3.8, 4) is 11.4 Å². The summed E-state index contributed by atoms with van der Waals surface area (Å²) in [5.74, 6) is 0.711. The molecule has 1 atom stereocenters. The van der Waals surface area contributed by atoms with E-state index in [1.807, 2.05) is 24.3 Å². The summed E-state index contributed by atoms with van der Waals surface area (Å²) < 4.78 is 12.4. The van der Waals surface area contributed by atoms with Crippen molar-refractivity contribution in [3.63, 3.8) is 0 Å². The van der Waals surface area contributed by atoms with E-state index in [4.69, 9.17) is 9.47 Å². The highest BCUT2D eigenvalue weighted by Crippen LogP contribution is 2.24. The SMILES string of the molecule is COc1ccc(C(CNC(=O)c2ccc(-n3cncn3)cc2)N2CCOCC2)cc1. The van der Waals surface area contributed by atoms with Crippen LogP contribution in [0.1, 0.15) is 22.0 Å². The molecule has 1 aliphatic rings. The Labute approximate surface area is 175 Å². The van der Waals surface area contributed by atoms with Crippen molar-refractivity contribution in [2.24, 2.45) is 0 Å². The fourth-order valence-corrected chi connectivity index (χ4v) is 3.57. The molecule has 1 unspecified atom stereocenters. The highest BCUT2D eigenvalue weighted by Gasteiger charge is 2.23. The van der Waals surface area contributed by atoms with Gasteiger partial charge in [-0.15, -0.1) is 0 Å². The Balaban J connectivity index is 1.45. The van der Waals surface area contributed by atoms with Gasteiger partial charge < -0.3 is 14.8 Å². The number of methoxy groups -OCH3 is 1. The van der Waals surface area contributed by atoms with Gasteiger partial charge in [0.25, 0.3) is 5.91 Å². The van der Waals surface area contributed by atoms with E-state index in [0.29, 0.717) is 25.3 Å². The van der Waals surface area contributed by atoms with Gasteiger partial charge in [-0.2, -0.15) is 5.10 Å². The number of nitrogens with zero attached hydrogens (tertiary/aromatic N) is 4. The highest BCUT2D eigenvalue weighted by atomic mass is 16.5. The van der Waals surface area contributed by atoms with Gasteiger partial charge in [0.05, 0.1) is 32.1 Å². The van der Waals surface area contributed by atoms with Gasteiger partial charge >= 0.3 is 0 Å². The molecule has 156 valence electrons. The molecular weight excluding hydrogens is 382 g/mol. The van der Waals surface area contributed by atoms with Gasteiger partial charge in [0, 0.05) is 25.2 Å². The molecule has 0 spiro atoms. The van der Waals surface area contributed by atoms with Crippen molar-refractivity contribution in [2.45, 2.75) is 6.04 Å². The Kier molecular flexibility index (Phi) is 6.36. The molecule has 1 N–H and O–H groups in total. The number of aromatic nitrogens is 3. The topological polar surface area (TPSA) is 81.5 Å². The fourth-order valence-electron chi connectivity index (χ4n) is 3.57. The average Bonchev–Trinajstić information content (AvgIpc) is 3.35. The number of nitrogens with one attached hydrogen (secondary N) is 1. The van der Waals surface area contributed by atoms with Gasteiger partial charge in [-0.1, -0.05) is 12.1 Å². The number of benzene rings is 2. The molecule has 1 fully saturated rings. The lowest BCUT2D eigenvalue weighted by Gasteiger charge is -2.35. The van der Waals surface area contributed by atoms with Crippen LogP contribution in [-0.2, 0) is 4.74 Å². The predicted molar refractivity (Wildman–Crippen MR) is 112 cm³/mol. The van der Waals surface area contributed by atoms with E-state index in [1.54, 1.807) is 30.3 Å². The summed E-state index contributed by atoms with van der Waals surface area (Å²) in [4.78, 5) is 19.0. The average molecular weight is 407 g/mol. The molecule has 1 saturated heterocycles. The molecule has 2 aromatic carbocycles. The van der Waals surface area contributed by atoms with E-state index in [9.17, 15) is 4.79 Å². The van der Waals surface area contributed by atoms with Gasteiger partial charge in [-0.05, 0) is 42.0 Å². The third kappa shape index (κ3) is 4.67. The van der Waals surface area contributed by atoms with Crippen LogP contribution in [0.5, 0.6) is 5.75 Å². The summed E-state index contributed by atoms with van der Waals surface area (Å²) in [5.41, 5.74) is 2.60. The maximum absolute atomic E-state index is 12.8. The second-order valence-corrected chi connectivity index (χ2v) is 7.03. The van der Waals surface area contributed by atoms with Crippen LogP contribution >= 0.6 is 0 Å².